The molecule has 1 aliphatic rings. The smallest absolute Gasteiger partial charge is 0.304 e. The molecule has 0 heterocycles. The second-order valence-corrected chi connectivity index (χ2v) is 11.4. The van der Waals surface area contributed by atoms with Crippen molar-refractivity contribution in [3.63, 3.8) is 0 Å². The maximum atomic E-state index is 13.7. The van der Waals surface area contributed by atoms with E-state index in [-0.39, 0.29) is 18.5 Å². The van der Waals surface area contributed by atoms with Crippen LogP contribution in [0.4, 0.5) is 5.69 Å². The van der Waals surface area contributed by atoms with Gasteiger partial charge in [-0.3, -0.25) is 9.59 Å². The average molecular weight is 521 g/mol. The van der Waals surface area contributed by atoms with Crippen LogP contribution in [0.15, 0.2) is 54.6 Å². The molecule has 2 aromatic carbocycles. The molecule has 190 valence electrons. The number of rotatable bonds is 10. The topological polar surface area (TPSA) is 90.0 Å². The summed E-state index contributed by atoms with van der Waals surface area (Å²) in [6.07, 6.45) is 3.96. The van der Waals surface area contributed by atoms with E-state index in [0.717, 1.165) is 34.3 Å². The molecular weight excluding hydrogens is 488 g/mol. The fourth-order valence-corrected chi connectivity index (χ4v) is 5.35. The minimum absolute atomic E-state index is 0.0718. The predicted molar refractivity (Wildman–Crippen MR) is 138 cm³/mol. The molecule has 2 aromatic rings. The molecule has 0 bridgehead atoms. The molecule has 8 nitrogen and oxygen atoms in total. The Labute approximate surface area is 213 Å². The Kier molecular flexibility index (Phi) is 9.15. The van der Waals surface area contributed by atoms with E-state index in [1.807, 2.05) is 0 Å². The lowest BCUT2D eigenvalue weighted by molar-refractivity contribution is -0.139. The minimum atomic E-state index is -3.97. The summed E-state index contributed by atoms with van der Waals surface area (Å²) < 4.78 is 28.3. The maximum absolute atomic E-state index is 13.7. The van der Waals surface area contributed by atoms with Crippen molar-refractivity contribution in [1.29, 1.82) is 0 Å². The zero-order chi connectivity index (χ0) is 25.6. The molecular formula is C25H33ClN4O4S. The summed E-state index contributed by atoms with van der Waals surface area (Å²) in [4.78, 5) is 28.2. The first-order valence-corrected chi connectivity index (χ1v) is 13.5. The number of amides is 2. The highest BCUT2D eigenvalue weighted by molar-refractivity contribution is 7.90. The van der Waals surface area contributed by atoms with Crippen molar-refractivity contribution in [2.45, 2.75) is 51.2 Å². The molecule has 0 spiro atoms. The Morgan fingerprint density at radius 3 is 2.23 bits per heavy atom. The molecule has 35 heavy (non-hydrogen) atoms. The van der Waals surface area contributed by atoms with Gasteiger partial charge >= 0.3 is 10.2 Å². The highest BCUT2D eigenvalue weighted by Gasteiger charge is 2.33. The van der Waals surface area contributed by atoms with Crippen LogP contribution < -0.4 is 9.62 Å². The van der Waals surface area contributed by atoms with Crippen LogP contribution in [-0.2, 0) is 26.3 Å². The largest absolute Gasteiger partial charge is 0.352 e. The monoisotopic (exact) mass is 520 g/mol. The van der Waals surface area contributed by atoms with Crippen LogP contribution in [-0.4, -0.2) is 62.2 Å². The van der Waals surface area contributed by atoms with E-state index in [0.29, 0.717) is 16.3 Å². The van der Waals surface area contributed by atoms with Crippen LogP contribution in [0.25, 0.3) is 0 Å². The van der Waals surface area contributed by atoms with Crippen LogP contribution in [0.2, 0.25) is 5.02 Å². The second kappa shape index (κ2) is 11.9. The lowest BCUT2D eigenvalue weighted by Gasteiger charge is -2.33. The van der Waals surface area contributed by atoms with E-state index in [1.165, 1.54) is 19.0 Å². The number of para-hydroxylation sites is 1. The van der Waals surface area contributed by atoms with E-state index in [9.17, 15) is 18.0 Å². The summed E-state index contributed by atoms with van der Waals surface area (Å²) in [6.45, 7) is 1.27. The predicted octanol–water partition coefficient (Wildman–Crippen LogP) is 3.43. The molecule has 1 fully saturated rings. The lowest BCUT2D eigenvalue weighted by Crippen LogP contribution is -2.53. The van der Waals surface area contributed by atoms with Gasteiger partial charge in [0.1, 0.15) is 12.6 Å². The van der Waals surface area contributed by atoms with Gasteiger partial charge in [0.25, 0.3) is 0 Å². The van der Waals surface area contributed by atoms with Gasteiger partial charge in [-0.2, -0.15) is 12.7 Å². The number of nitrogens with zero attached hydrogens (tertiary/aromatic N) is 3. The van der Waals surface area contributed by atoms with E-state index >= 15 is 0 Å². The van der Waals surface area contributed by atoms with Crippen LogP contribution in [0.1, 0.15) is 38.2 Å². The summed E-state index contributed by atoms with van der Waals surface area (Å²) in [5, 5.41) is 3.51. The highest BCUT2D eigenvalue weighted by Crippen LogP contribution is 2.23. The van der Waals surface area contributed by atoms with Gasteiger partial charge in [-0.15, -0.1) is 0 Å². The van der Waals surface area contributed by atoms with Crippen LogP contribution >= 0.6 is 11.6 Å². The molecule has 0 unspecified atom stereocenters. The first kappa shape index (κ1) is 27.0. The highest BCUT2D eigenvalue weighted by atomic mass is 35.5. The van der Waals surface area contributed by atoms with E-state index in [2.05, 4.69) is 5.32 Å². The summed E-state index contributed by atoms with van der Waals surface area (Å²) in [5.74, 6) is -0.771. The molecule has 0 aromatic heterocycles. The van der Waals surface area contributed by atoms with Gasteiger partial charge in [-0.1, -0.05) is 60.8 Å². The molecule has 1 atom stereocenters. The fourth-order valence-electron chi connectivity index (χ4n) is 4.10. The van der Waals surface area contributed by atoms with Gasteiger partial charge in [0.15, 0.2) is 0 Å². The van der Waals surface area contributed by atoms with Crippen molar-refractivity contribution in [1.82, 2.24) is 14.5 Å². The summed E-state index contributed by atoms with van der Waals surface area (Å²) in [6, 6.07) is 14.8. The summed E-state index contributed by atoms with van der Waals surface area (Å²) in [7, 11) is -1.15. The van der Waals surface area contributed by atoms with Crippen molar-refractivity contribution < 1.29 is 18.0 Å². The van der Waals surface area contributed by atoms with Crippen molar-refractivity contribution >= 4 is 39.3 Å². The first-order valence-electron chi connectivity index (χ1n) is 11.7. The molecule has 0 radical (unpaired) electrons. The minimum Gasteiger partial charge on any atom is -0.352 e. The normalized spacial score (nSPS) is 15.1. The Balaban J connectivity index is 1.91. The standard InChI is InChI=1S/C25H33ClN4O4S/c1-19(25(32)27-21-12-8-9-13-21)29(17-20-11-7-10-16-23(20)26)24(31)18-30(35(33,34)28(2)3)22-14-5-4-6-15-22/h4-7,10-11,14-16,19,21H,8-9,12-13,17-18H2,1-3H3,(H,27,32)/t19-/m0/s1. The molecule has 1 aliphatic carbocycles. The number of hydrogen-bond acceptors (Lipinski definition) is 4. The molecule has 1 saturated carbocycles. The van der Waals surface area contributed by atoms with Crippen molar-refractivity contribution in [3.05, 3.63) is 65.2 Å². The first-order chi connectivity index (χ1) is 16.6. The van der Waals surface area contributed by atoms with E-state index < -0.39 is 28.7 Å². The molecule has 0 saturated heterocycles. The molecule has 0 aliphatic heterocycles. The molecule has 3 rings (SSSR count). The van der Waals surface area contributed by atoms with Crippen LogP contribution in [0.5, 0.6) is 0 Å². The number of anilines is 1. The number of benzene rings is 2. The van der Waals surface area contributed by atoms with Crippen molar-refractivity contribution in [3.8, 4) is 0 Å². The Morgan fingerprint density at radius 1 is 1.03 bits per heavy atom. The summed E-state index contributed by atoms with van der Waals surface area (Å²) in [5.41, 5.74) is 1.03. The third-order valence-electron chi connectivity index (χ3n) is 6.23. The van der Waals surface area contributed by atoms with Gasteiger partial charge in [-0.25, -0.2) is 4.31 Å². The third-order valence-corrected chi connectivity index (χ3v) is 8.42. The van der Waals surface area contributed by atoms with Gasteiger partial charge in [0.2, 0.25) is 11.8 Å². The zero-order valence-electron chi connectivity index (χ0n) is 20.4. The number of halogens is 1. The zero-order valence-corrected chi connectivity index (χ0v) is 21.9. The van der Waals surface area contributed by atoms with Gasteiger partial charge in [0, 0.05) is 31.7 Å². The number of nitrogens with one attached hydrogen (secondary N) is 1. The number of carbonyl (C=O) groups is 2. The Hall–Kier alpha value is -2.62. The second-order valence-electron chi connectivity index (χ2n) is 8.91. The average Bonchev–Trinajstić information content (AvgIpc) is 3.34. The van der Waals surface area contributed by atoms with E-state index in [4.69, 9.17) is 11.6 Å². The van der Waals surface area contributed by atoms with E-state index in [1.54, 1.807) is 61.5 Å². The fraction of sp³-hybridized carbons (Fsp3) is 0.440. The lowest BCUT2D eigenvalue weighted by atomic mass is 10.1. The van der Waals surface area contributed by atoms with Crippen molar-refractivity contribution in [2.75, 3.05) is 24.9 Å². The number of hydrogen-bond donors (Lipinski definition) is 1. The molecule has 2 amide bonds. The maximum Gasteiger partial charge on any atom is 0.304 e. The van der Waals surface area contributed by atoms with Crippen LogP contribution in [0, 0.1) is 0 Å². The molecule has 1 N–H and O–H groups in total. The summed E-state index contributed by atoms with van der Waals surface area (Å²) >= 11 is 6.36. The Bertz CT molecular complexity index is 1120. The van der Waals surface area contributed by atoms with Crippen LogP contribution in [0.3, 0.4) is 0 Å². The Morgan fingerprint density at radius 2 is 1.63 bits per heavy atom. The quantitative estimate of drug-likeness (QED) is 0.519. The third kappa shape index (κ3) is 6.74. The van der Waals surface area contributed by atoms with Crippen molar-refractivity contribution in [2.24, 2.45) is 0 Å². The van der Waals surface area contributed by atoms with Gasteiger partial charge in [0.05, 0.1) is 5.69 Å². The van der Waals surface area contributed by atoms with Gasteiger partial charge < -0.3 is 10.2 Å². The SMILES string of the molecule is C[C@@H](C(=O)NC1CCCC1)N(Cc1ccccc1Cl)C(=O)CN(c1ccccc1)S(=O)(=O)N(C)C. The molecule has 10 heteroatoms. The van der Waals surface area contributed by atoms with Gasteiger partial charge in [-0.05, 0) is 43.5 Å². The number of carbonyl (C=O) groups excluding carboxylic acids is 2.